The van der Waals surface area contributed by atoms with Crippen molar-refractivity contribution in [2.24, 2.45) is 0 Å². The molecule has 1 atom stereocenters. The van der Waals surface area contributed by atoms with E-state index in [-0.39, 0.29) is 17.0 Å². The van der Waals surface area contributed by atoms with Crippen molar-refractivity contribution in [1.29, 1.82) is 0 Å². The molecule has 3 heteroatoms. The molecule has 0 saturated carbocycles. The first-order valence-corrected chi connectivity index (χ1v) is 4.38. The van der Waals surface area contributed by atoms with Gasteiger partial charge in [-0.25, -0.2) is 4.57 Å². The fourth-order valence-electron chi connectivity index (χ4n) is 1.22. The summed E-state index contributed by atoms with van der Waals surface area (Å²) in [7, 11) is 0. The maximum Gasteiger partial charge on any atom is 0.241 e. The summed E-state index contributed by atoms with van der Waals surface area (Å²) < 4.78 is 2.22. The molecular weight excluding hydrogens is 216 g/mol. The van der Waals surface area contributed by atoms with Gasteiger partial charge in [0.1, 0.15) is 12.4 Å². The molecule has 0 aliphatic heterocycles. The van der Waals surface area contributed by atoms with Crippen LogP contribution in [0.15, 0.2) is 18.7 Å². The summed E-state index contributed by atoms with van der Waals surface area (Å²) in [5.74, 6) is 0. The lowest BCUT2D eigenvalue weighted by Crippen LogP contribution is -3.00. The van der Waals surface area contributed by atoms with Crippen molar-refractivity contribution in [1.82, 2.24) is 4.98 Å². The molecule has 0 bridgehead atoms. The first-order valence-electron chi connectivity index (χ1n) is 4.38. The standard InChI is InChI=1S/C9H16N2.BrH/c1-3-4-5-9(2)11-7-6-10-8-11;/h6-9H,3-5H2,1-2H3;1H. The van der Waals surface area contributed by atoms with Crippen molar-refractivity contribution in [2.45, 2.75) is 39.2 Å². The Morgan fingerprint density at radius 1 is 1.50 bits per heavy atom. The van der Waals surface area contributed by atoms with Gasteiger partial charge in [-0.15, -0.1) is 0 Å². The number of hydrogen-bond donors (Lipinski definition) is 1. The Labute approximate surface area is 84.8 Å². The monoisotopic (exact) mass is 232 g/mol. The summed E-state index contributed by atoms with van der Waals surface area (Å²) in [6, 6.07) is 0.640. The van der Waals surface area contributed by atoms with Gasteiger partial charge in [-0.1, -0.05) is 13.3 Å². The molecule has 1 rings (SSSR count). The minimum Gasteiger partial charge on any atom is -1.00 e. The number of aromatic amines is 1. The topological polar surface area (TPSA) is 19.7 Å². The molecule has 12 heavy (non-hydrogen) atoms. The minimum absolute atomic E-state index is 0. The molecule has 0 radical (unpaired) electrons. The van der Waals surface area contributed by atoms with Crippen molar-refractivity contribution >= 4 is 0 Å². The van der Waals surface area contributed by atoms with Crippen molar-refractivity contribution in [3.63, 3.8) is 0 Å². The van der Waals surface area contributed by atoms with E-state index >= 15 is 0 Å². The van der Waals surface area contributed by atoms with Crippen molar-refractivity contribution in [2.75, 3.05) is 0 Å². The van der Waals surface area contributed by atoms with Crippen LogP contribution in [0, 0.1) is 0 Å². The van der Waals surface area contributed by atoms with Crippen LogP contribution in [0.4, 0.5) is 0 Å². The van der Waals surface area contributed by atoms with E-state index in [1.54, 1.807) is 0 Å². The van der Waals surface area contributed by atoms with Crippen LogP contribution >= 0.6 is 0 Å². The van der Waals surface area contributed by atoms with Crippen LogP contribution in [0.25, 0.3) is 0 Å². The third-order valence-electron chi connectivity index (χ3n) is 2.05. The van der Waals surface area contributed by atoms with Gasteiger partial charge in [0, 0.05) is 0 Å². The number of aromatic nitrogens is 2. The van der Waals surface area contributed by atoms with Gasteiger partial charge in [-0.05, 0) is 19.8 Å². The maximum atomic E-state index is 3.05. The lowest BCUT2D eigenvalue weighted by Gasteiger charge is -2.05. The Morgan fingerprint density at radius 2 is 2.25 bits per heavy atom. The van der Waals surface area contributed by atoms with Crippen molar-refractivity contribution in [3.8, 4) is 0 Å². The van der Waals surface area contributed by atoms with Crippen LogP contribution in [0.5, 0.6) is 0 Å². The minimum atomic E-state index is 0. The average Bonchev–Trinajstić information content (AvgIpc) is 2.52. The van der Waals surface area contributed by atoms with Gasteiger partial charge in [0.2, 0.25) is 6.33 Å². The first kappa shape index (κ1) is 11.7. The average molecular weight is 233 g/mol. The molecule has 0 aliphatic rings. The van der Waals surface area contributed by atoms with Crippen LogP contribution in [-0.4, -0.2) is 4.98 Å². The van der Waals surface area contributed by atoms with E-state index in [0.29, 0.717) is 6.04 Å². The molecule has 70 valence electrons. The molecule has 0 spiro atoms. The Bertz CT molecular complexity index is 184. The summed E-state index contributed by atoms with van der Waals surface area (Å²) >= 11 is 0. The van der Waals surface area contributed by atoms with Crippen LogP contribution in [0.2, 0.25) is 0 Å². The summed E-state index contributed by atoms with van der Waals surface area (Å²) in [4.78, 5) is 3.05. The van der Waals surface area contributed by atoms with E-state index in [1.807, 2.05) is 12.5 Å². The molecular formula is C9H17BrN2. The van der Waals surface area contributed by atoms with Crippen molar-refractivity contribution in [3.05, 3.63) is 18.7 Å². The maximum absolute atomic E-state index is 3.05. The number of imidazole rings is 1. The van der Waals surface area contributed by atoms with Gasteiger partial charge in [-0.3, -0.25) is 4.98 Å². The van der Waals surface area contributed by atoms with Gasteiger partial charge in [0.25, 0.3) is 0 Å². The Morgan fingerprint density at radius 3 is 2.75 bits per heavy atom. The zero-order valence-electron chi connectivity index (χ0n) is 7.76. The Hall–Kier alpha value is -0.310. The lowest BCUT2D eigenvalue weighted by molar-refractivity contribution is -0.719. The van der Waals surface area contributed by atoms with Gasteiger partial charge in [0.05, 0.1) is 6.04 Å². The van der Waals surface area contributed by atoms with E-state index in [2.05, 4.69) is 29.6 Å². The van der Waals surface area contributed by atoms with Crippen molar-refractivity contribution < 1.29 is 21.5 Å². The van der Waals surface area contributed by atoms with Crippen LogP contribution in [-0.2, 0) is 0 Å². The third kappa shape index (κ3) is 3.39. The number of nitrogens with one attached hydrogen (secondary N) is 1. The normalized spacial score (nSPS) is 12.2. The van der Waals surface area contributed by atoms with E-state index in [1.165, 1.54) is 19.3 Å². The molecule has 1 aromatic heterocycles. The second kappa shape index (κ2) is 6.23. The molecule has 0 aliphatic carbocycles. The Balaban J connectivity index is 0.00000121. The van der Waals surface area contributed by atoms with Crippen LogP contribution < -0.4 is 21.5 Å². The second-order valence-corrected chi connectivity index (χ2v) is 3.05. The highest BCUT2D eigenvalue weighted by molar-refractivity contribution is 4.58. The molecule has 2 nitrogen and oxygen atoms in total. The lowest BCUT2D eigenvalue weighted by atomic mass is 10.1. The number of halogens is 1. The molecule has 0 amide bonds. The van der Waals surface area contributed by atoms with Gasteiger partial charge >= 0.3 is 0 Å². The molecule has 1 unspecified atom stereocenters. The quantitative estimate of drug-likeness (QED) is 0.647. The van der Waals surface area contributed by atoms with E-state index in [9.17, 15) is 0 Å². The van der Waals surface area contributed by atoms with Crippen LogP contribution in [0.1, 0.15) is 39.2 Å². The van der Waals surface area contributed by atoms with Gasteiger partial charge in [0.15, 0.2) is 0 Å². The zero-order chi connectivity index (χ0) is 8.10. The van der Waals surface area contributed by atoms with Crippen LogP contribution in [0.3, 0.4) is 0 Å². The fourth-order valence-corrected chi connectivity index (χ4v) is 1.22. The Kier molecular flexibility index (Phi) is 6.07. The predicted octanol–water partition coefficient (Wildman–Crippen LogP) is -0.943. The van der Waals surface area contributed by atoms with E-state index < -0.39 is 0 Å². The highest BCUT2D eigenvalue weighted by Gasteiger charge is 2.06. The number of nitrogens with zero attached hydrogens (tertiary/aromatic N) is 1. The van der Waals surface area contributed by atoms with E-state index in [4.69, 9.17) is 0 Å². The molecule has 1 heterocycles. The summed E-state index contributed by atoms with van der Waals surface area (Å²) in [5.41, 5.74) is 0. The second-order valence-electron chi connectivity index (χ2n) is 3.05. The molecule has 1 aromatic rings. The van der Waals surface area contributed by atoms with Gasteiger partial charge in [-0.2, -0.15) is 0 Å². The molecule has 0 aromatic carbocycles. The summed E-state index contributed by atoms with van der Waals surface area (Å²) in [5, 5.41) is 0. The highest BCUT2D eigenvalue weighted by Crippen LogP contribution is 2.05. The third-order valence-corrected chi connectivity index (χ3v) is 2.05. The fraction of sp³-hybridized carbons (Fsp3) is 0.667. The smallest absolute Gasteiger partial charge is 0.241 e. The summed E-state index contributed by atoms with van der Waals surface area (Å²) in [6.45, 7) is 4.48. The van der Waals surface area contributed by atoms with Gasteiger partial charge < -0.3 is 17.0 Å². The SMILES string of the molecule is CCCCC(C)[n+]1cc[nH]c1.[Br-]. The predicted molar refractivity (Wildman–Crippen MR) is 45.2 cm³/mol. The number of rotatable bonds is 4. The highest BCUT2D eigenvalue weighted by atomic mass is 79.9. The molecule has 0 saturated heterocycles. The van der Waals surface area contributed by atoms with E-state index in [0.717, 1.165) is 0 Å². The number of unbranched alkanes of at least 4 members (excludes halogenated alkanes) is 1. The summed E-state index contributed by atoms with van der Waals surface area (Å²) in [6.07, 6.45) is 9.94. The largest absolute Gasteiger partial charge is 1.00 e. The number of hydrogen-bond acceptors (Lipinski definition) is 0. The molecule has 0 fully saturated rings. The number of H-pyrrole nitrogens is 1. The zero-order valence-corrected chi connectivity index (χ0v) is 9.34. The first-order chi connectivity index (χ1) is 5.34. The molecule has 1 N–H and O–H groups in total.